The van der Waals surface area contributed by atoms with Gasteiger partial charge in [-0.15, -0.1) is 0 Å². The van der Waals surface area contributed by atoms with Crippen LogP contribution in [0.4, 0.5) is 0 Å². The van der Waals surface area contributed by atoms with Crippen molar-refractivity contribution in [3.63, 3.8) is 0 Å². The average molecular weight is 336 g/mol. The normalized spacial score (nSPS) is 12.3. The molecule has 0 saturated carbocycles. The van der Waals surface area contributed by atoms with Gasteiger partial charge in [0, 0.05) is 17.2 Å². The number of benzene rings is 2. The molecule has 0 fully saturated rings. The van der Waals surface area contributed by atoms with E-state index >= 15 is 0 Å². The first-order valence-electron chi connectivity index (χ1n) is 5.30. The van der Waals surface area contributed by atoms with Gasteiger partial charge in [0.1, 0.15) is 5.02 Å². The molecule has 6 heteroatoms. The fourth-order valence-corrected chi connectivity index (χ4v) is 2.52. The highest BCUT2D eigenvalue weighted by Gasteiger charge is 2.25. The molecule has 1 heterocycles. The molecule has 3 rings (SSSR count). The summed E-state index contributed by atoms with van der Waals surface area (Å²) in [7, 11) is 0. The maximum absolute atomic E-state index is 6.11. The second kappa shape index (κ2) is 4.64. The second-order valence-corrected chi connectivity index (χ2v) is 5.64. The summed E-state index contributed by atoms with van der Waals surface area (Å²) in [5.74, 6) is 1.81. The first kappa shape index (κ1) is 13.2. The summed E-state index contributed by atoms with van der Waals surface area (Å²) in [6, 6.07) is 5.02. The van der Waals surface area contributed by atoms with Crippen LogP contribution in [0.1, 0.15) is 5.56 Å². The van der Waals surface area contributed by atoms with E-state index in [-0.39, 0.29) is 10.0 Å². The van der Waals surface area contributed by atoms with Crippen molar-refractivity contribution >= 4 is 46.4 Å². The molecule has 0 N–H and O–H groups in total. The van der Waals surface area contributed by atoms with Crippen LogP contribution in [0, 0.1) is 6.92 Å². The fourth-order valence-electron chi connectivity index (χ4n) is 1.75. The molecule has 0 radical (unpaired) electrons. The van der Waals surface area contributed by atoms with Gasteiger partial charge in [-0.25, -0.2) is 0 Å². The molecule has 2 nitrogen and oxygen atoms in total. The molecule has 0 atom stereocenters. The standard InChI is InChI=1S/C13H6Cl4O2/c1-5-2-8-9(3-6(5)14)18-10-4-7(15)11(16)12(17)13(10)19-8/h2-4H,1H3. The molecule has 1 aliphatic rings. The number of aryl methyl sites for hydroxylation is 1. The van der Waals surface area contributed by atoms with Crippen LogP contribution in [0.2, 0.25) is 20.1 Å². The molecular formula is C13H6Cl4O2. The molecule has 98 valence electrons. The minimum atomic E-state index is 0.224. The van der Waals surface area contributed by atoms with Crippen molar-refractivity contribution in [3.05, 3.63) is 43.9 Å². The van der Waals surface area contributed by atoms with Gasteiger partial charge < -0.3 is 9.47 Å². The van der Waals surface area contributed by atoms with Crippen LogP contribution in [-0.2, 0) is 0 Å². The number of hydrogen-bond acceptors (Lipinski definition) is 2. The van der Waals surface area contributed by atoms with Crippen LogP contribution >= 0.6 is 46.4 Å². The number of fused-ring (bicyclic) bond motifs is 2. The zero-order valence-electron chi connectivity index (χ0n) is 9.56. The molecule has 19 heavy (non-hydrogen) atoms. The third-order valence-electron chi connectivity index (χ3n) is 2.74. The fraction of sp³-hybridized carbons (Fsp3) is 0.0769. The van der Waals surface area contributed by atoms with Crippen LogP contribution in [0.5, 0.6) is 23.0 Å². The molecular weight excluding hydrogens is 330 g/mol. The van der Waals surface area contributed by atoms with Gasteiger partial charge in [0.15, 0.2) is 23.0 Å². The lowest BCUT2D eigenvalue weighted by molar-refractivity contribution is 0.359. The van der Waals surface area contributed by atoms with E-state index < -0.39 is 0 Å². The summed E-state index contributed by atoms with van der Waals surface area (Å²) in [5.41, 5.74) is 0.878. The Morgan fingerprint density at radius 3 is 2.11 bits per heavy atom. The van der Waals surface area contributed by atoms with E-state index in [1.165, 1.54) is 0 Å². The Kier molecular flexibility index (Phi) is 3.22. The number of ether oxygens (including phenoxy) is 2. The molecule has 0 unspecified atom stereocenters. The van der Waals surface area contributed by atoms with Gasteiger partial charge >= 0.3 is 0 Å². The van der Waals surface area contributed by atoms with Crippen molar-refractivity contribution in [2.24, 2.45) is 0 Å². The van der Waals surface area contributed by atoms with Gasteiger partial charge in [-0.2, -0.15) is 0 Å². The molecule has 0 aliphatic carbocycles. The Labute approximate surface area is 129 Å². The third-order valence-corrected chi connectivity index (χ3v) is 4.39. The quantitative estimate of drug-likeness (QED) is 0.436. The molecule has 0 bridgehead atoms. The van der Waals surface area contributed by atoms with Crippen molar-refractivity contribution in [2.75, 3.05) is 0 Å². The number of rotatable bonds is 0. The molecule has 2 aromatic rings. The lowest BCUT2D eigenvalue weighted by Crippen LogP contribution is -2.00. The third kappa shape index (κ3) is 2.13. The van der Waals surface area contributed by atoms with Crippen LogP contribution in [-0.4, -0.2) is 0 Å². The van der Waals surface area contributed by atoms with E-state index in [9.17, 15) is 0 Å². The van der Waals surface area contributed by atoms with Crippen LogP contribution < -0.4 is 9.47 Å². The molecule has 0 aromatic heterocycles. The summed E-state index contributed by atoms with van der Waals surface area (Å²) in [5, 5.41) is 1.36. The molecule has 0 amide bonds. The lowest BCUT2D eigenvalue weighted by Gasteiger charge is -2.23. The molecule has 2 aromatic carbocycles. The zero-order chi connectivity index (χ0) is 13.7. The van der Waals surface area contributed by atoms with Crippen LogP contribution in [0.25, 0.3) is 0 Å². The predicted molar refractivity (Wildman–Crippen MR) is 77.8 cm³/mol. The zero-order valence-corrected chi connectivity index (χ0v) is 12.6. The number of halogens is 4. The molecule has 1 aliphatic heterocycles. The van der Waals surface area contributed by atoms with Gasteiger partial charge in [0.25, 0.3) is 0 Å². The monoisotopic (exact) mass is 334 g/mol. The van der Waals surface area contributed by atoms with Gasteiger partial charge in [-0.05, 0) is 18.6 Å². The highest BCUT2D eigenvalue weighted by atomic mass is 35.5. The van der Waals surface area contributed by atoms with Crippen LogP contribution in [0.3, 0.4) is 0 Å². The van der Waals surface area contributed by atoms with Crippen molar-refractivity contribution < 1.29 is 9.47 Å². The summed E-state index contributed by atoms with van der Waals surface area (Å²) < 4.78 is 11.4. The number of hydrogen-bond donors (Lipinski definition) is 0. The van der Waals surface area contributed by atoms with Crippen molar-refractivity contribution in [1.82, 2.24) is 0 Å². The summed E-state index contributed by atoms with van der Waals surface area (Å²) in [4.78, 5) is 0. The topological polar surface area (TPSA) is 18.5 Å². The van der Waals surface area contributed by atoms with Gasteiger partial charge in [0.2, 0.25) is 0 Å². The largest absolute Gasteiger partial charge is 0.449 e. The SMILES string of the molecule is Cc1cc2c(cc1Cl)Oc1cc(Cl)c(Cl)c(Cl)c1O2. The minimum Gasteiger partial charge on any atom is -0.449 e. The lowest BCUT2D eigenvalue weighted by atomic mass is 10.2. The smallest absolute Gasteiger partial charge is 0.190 e. The van der Waals surface area contributed by atoms with Crippen LogP contribution in [0.15, 0.2) is 18.2 Å². The van der Waals surface area contributed by atoms with Crippen molar-refractivity contribution in [3.8, 4) is 23.0 Å². The minimum absolute atomic E-state index is 0.224. The van der Waals surface area contributed by atoms with E-state index in [4.69, 9.17) is 55.9 Å². The Morgan fingerprint density at radius 1 is 0.737 bits per heavy atom. The summed E-state index contributed by atoms with van der Waals surface area (Å²) in [6.07, 6.45) is 0. The average Bonchev–Trinajstić information content (AvgIpc) is 2.37. The van der Waals surface area contributed by atoms with Gasteiger partial charge in [-0.3, -0.25) is 0 Å². The molecule has 0 spiro atoms. The maximum atomic E-state index is 6.11. The van der Waals surface area contributed by atoms with E-state index in [1.54, 1.807) is 18.2 Å². The predicted octanol–water partition coefficient (Wildman–Crippen LogP) is 6.51. The van der Waals surface area contributed by atoms with E-state index in [2.05, 4.69) is 0 Å². The van der Waals surface area contributed by atoms with Crippen molar-refractivity contribution in [2.45, 2.75) is 6.92 Å². The van der Waals surface area contributed by atoms with Crippen molar-refractivity contribution in [1.29, 1.82) is 0 Å². The van der Waals surface area contributed by atoms with E-state index in [0.29, 0.717) is 33.0 Å². The highest BCUT2D eigenvalue weighted by molar-refractivity contribution is 6.48. The Balaban J connectivity index is 2.17. The Hall–Kier alpha value is -0.800. The first-order chi connectivity index (χ1) is 8.97. The highest BCUT2D eigenvalue weighted by Crippen LogP contribution is 2.53. The Morgan fingerprint density at radius 2 is 1.37 bits per heavy atom. The Bertz CT molecular complexity index is 698. The first-order valence-corrected chi connectivity index (χ1v) is 6.82. The van der Waals surface area contributed by atoms with Gasteiger partial charge in [-0.1, -0.05) is 46.4 Å². The maximum Gasteiger partial charge on any atom is 0.190 e. The van der Waals surface area contributed by atoms with E-state index in [1.807, 2.05) is 6.92 Å². The second-order valence-electron chi connectivity index (χ2n) is 4.07. The van der Waals surface area contributed by atoms with Gasteiger partial charge in [0.05, 0.1) is 10.0 Å². The summed E-state index contributed by atoms with van der Waals surface area (Å²) >= 11 is 24.1. The molecule has 0 saturated heterocycles. The summed E-state index contributed by atoms with van der Waals surface area (Å²) in [6.45, 7) is 1.87. The van der Waals surface area contributed by atoms with E-state index in [0.717, 1.165) is 5.56 Å².